The third-order valence-electron chi connectivity index (χ3n) is 3.01. The van der Waals surface area contributed by atoms with Crippen LogP contribution in [0.5, 0.6) is 0 Å². The van der Waals surface area contributed by atoms with Crippen LogP contribution in [0.2, 0.25) is 0 Å². The molecule has 4 nitrogen and oxygen atoms in total. The van der Waals surface area contributed by atoms with Crippen LogP contribution in [0.3, 0.4) is 0 Å². The molecule has 0 aromatic carbocycles. The lowest BCUT2D eigenvalue weighted by atomic mass is 10.0. The van der Waals surface area contributed by atoms with E-state index in [4.69, 9.17) is 0 Å². The average molecular weight is 232 g/mol. The van der Waals surface area contributed by atoms with Gasteiger partial charge < -0.3 is 20.4 Å². The summed E-state index contributed by atoms with van der Waals surface area (Å²) in [7, 11) is 0. The standard InChI is InChI=1S/C12H28N2O2/c1-5-12(4,16)10-13-8-11(15)9-14(6-2)7-3/h11,13,15-16H,5-10H2,1-4H3. The zero-order valence-corrected chi connectivity index (χ0v) is 11.2. The lowest BCUT2D eigenvalue weighted by Gasteiger charge is -2.25. The highest BCUT2D eigenvalue weighted by Gasteiger charge is 2.17. The van der Waals surface area contributed by atoms with E-state index in [-0.39, 0.29) is 6.10 Å². The minimum Gasteiger partial charge on any atom is -0.390 e. The van der Waals surface area contributed by atoms with Gasteiger partial charge in [-0.2, -0.15) is 0 Å². The van der Waals surface area contributed by atoms with Crippen LogP contribution in [0.4, 0.5) is 0 Å². The molecule has 0 aromatic rings. The van der Waals surface area contributed by atoms with Gasteiger partial charge in [-0.1, -0.05) is 20.8 Å². The monoisotopic (exact) mass is 232 g/mol. The van der Waals surface area contributed by atoms with Gasteiger partial charge in [-0.05, 0) is 26.4 Å². The third-order valence-corrected chi connectivity index (χ3v) is 3.01. The zero-order valence-electron chi connectivity index (χ0n) is 11.2. The Hall–Kier alpha value is -0.160. The average Bonchev–Trinajstić information content (AvgIpc) is 2.25. The third kappa shape index (κ3) is 7.17. The van der Waals surface area contributed by atoms with Gasteiger partial charge in [0.15, 0.2) is 0 Å². The van der Waals surface area contributed by atoms with E-state index in [1.807, 2.05) is 6.92 Å². The lowest BCUT2D eigenvalue weighted by molar-refractivity contribution is 0.0490. The largest absolute Gasteiger partial charge is 0.390 e. The number of rotatable bonds is 9. The summed E-state index contributed by atoms with van der Waals surface area (Å²) >= 11 is 0. The molecule has 0 aromatic heterocycles. The van der Waals surface area contributed by atoms with E-state index in [0.717, 1.165) is 13.1 Å². The molecule has 0 saturated heterocycles. The van der Waals surface area contributed by atoms with Crippen LogP contribution in [0.1, 0.15) is 34.1 Å². The number of likely N-dealkylation sites (N-methyl/N-ethyl adjacent to an activating group) is 1. The number of nitrogens with one attached hydrogen (secondary N) is 1. The molecular formula is C12H28N2O2. The van der Waals surface area contributed by atoms with Crippen LogP contribution in [-0.2, 0) is 0 Å². The molecule has 0 rings (SSSR count). The minimum atomic E-state index is -0.672. The Morgan fingerprint density at radius 1 is 1.25 bits per heavy atom. The van der Waals surface area contributed by atoms with E-state index >= 15 is 0 Å². The highest BCUT2D eigenvalue weighted by atomic mass is 16.3. The van der Waals surface area contributed by atoms with Crippen molar-refractivity contribution >= 4 is 0 Å². The maximum atomic E-state index is 9.77. The van der Waals surface area contributed by atoms with Crippen molar-refractivity contribution in [1.29, 1.82) is 0 Å². The predicted octanol–water partition coefficient (Wildman–Crippen LogP) is 0.440. The number of hydrogen-bond acceptors (Lipinski definition) is 4. The van der Waals surface area contributed by atoms with Gasteiger partial charge in [0.1, 0.15) is 0 Å². The summed E-state index contributed by atoms with van der Waals surface area (Å²) in [5.74, 6) is 0. The molecule has 0 saturated carbocycles. The molecule has 0 heterocycles. The molecule has 0 aliphatic carbocycles. The highest BCUT2D eigenvalue weighted by molar-refractivity contribution is 4.75. The van der Waals surface area contributed by atoms with Crippen LogP contribution in [-0.4, -0.2) is 59.5 Å². The van der Waals surface area contributed by atoms with Crippen molar-refractivity contribution in [3.63, 3.8) is 0 Å². The Kier molecular flexibility index (Phi) is 7.93. The van der Waals surface area contributed by atoms with E-state index in [9.17, 15) is 10.2 Å². The maximum absolute atomic E-state index is 9.77. The normalized spacial score (nSPS) is 17.4. The summed E-state index contributed by atoms with van der Waals surface area (Å²) in [4.78, 5) is 2.18. The van der Waals surface area contributed by atoms with E-state index in [2.05, 4.69) is 24.1 Å². The first-order valence-corrected chi connectivity index (χ1v) is 6.28. The fourth-order valence-electron chi connectivity index (χ4n) is 1.48. The topological polar surface area (TPSA) is 55.7 Å². The second-order valence-corrected chi connectivity index (χ2v) is 4.62. The Labute approximate surface area is 99.7 Å². The first-order valence-electron chi connectivity index (χ1n) is 6.28. The molecule has 3 N–H and O–H groups in total. The van der Waals surface area contributed by atoms with Gasteiger partial charge in [0.05, 0.1) is 11.7 Å². The molecule has 0 spiro atoms. The Morgan fingerprint density at radius 3 is 2.25 bits per heavy atom. The van der Waals surface area contributed by atoms with Crippen LogP contribution >= 0.6 is 0 Å². The minimum absolute atomic E-state index is 0.368. The van der Waals surface area contributed by atoms with Gasteiger partial charge in [-0.15, -0.1) is 0 Å². The van der Waals surface area contributed by atoms with Crippen molar-refractivity contribution in [2.75, 3.05) is 32.7 Å². The van der Waals surface area contributed by atoms with Crippen LogP contribution in [0.25, 0.3) is 0 Å². The summed E-state index contributed by atoms with van der Waals surface area (Å²) in [5, 5.41) is 22.6. The Bertz CT molecular complexity index is 170. The Morgan fingerprint density at radius 2 is 1.81 bits per heavy atom. The van der Waals surface area contributed by atoms with Gasteiger partial charge in [-0.3, -0.25) is 0 Å². The molecule has 2 atom stereocenters. The molecular weight excluding hydrogens is 204 g/mol. The Balaban J connectivity index is 3.69. The molecule has 98 valence electrons. The summed E-state index contributed by atoms with van der Waals surface area (Å²) in [6, 6.07) is 0. The molecule has 0 radical (unpaired) electrons. The fraction of sp³-hybridized carbons (Fsp3) is 1.00. The van der Waals surface area contributed by atoms with Gasteiger partial charge in [0.25, 0.3) is 0 Å². The number of nitrogens with zero attached hydrogens (tertiary/aromatic N) is 1. The molecule has 2 unspecified atom stereocenters. The van der Waals surface area contributed by atoms with Crippen LogP contribution in [0, 0.1) is 0 Å². The van der Waals surface area contributed by atoms with Crippen molar-refractivity contribution in [2.24, 2.45) is 0 Å². The molecule has 0 bridgehead atoms. The number of aliphatic hydroxyl groups excluding tert-OH is 1. The highest BCUT2D eigenvalue weighted by Crippen LogP contribution is 2.05. The number of hydrogen-bond donors (Lipinski definition) is 3. The van der Waals surface area contributed by atoms with Crippen molar-refractivity contribution in [2.45, 2.75) is 45.8 Å². The quantitative estimate of drug-likeness (QED) is 0.540. The second-order valence-electron chi connectivity index (χ2n) is 4.62. The summed E-state index contributed by atoms with van der Waals surface area (Å²) in [6.45, 7) is 11.6. The first kappa shape index (κ1) is 15.8. The van der Waals surface area contributed by atoms with Crippen molar-refractivity contribution < 1.29 is 10.2 Å². The smallest absolute Gasteiger partial charge is 0.0791 e. The van der Waals surface area contributed by atoms with Crippen LogP contribution < -0.4 is 5.32 Å². The molecule has 0 fully saturated rings. The van der Waals surface area contributed by atoms with Crippen molar-refractivity contribution in [3.8, 4) is 0 Å². The zero-order chi connectivity index (χ0) is 12.6. The van der Waals surface area contributed by atoms with Crippen molar-refractivity contribution in [1.82, 2.24) is 10.2 Å². The predicted molar refractivity (Wildman–Crippen MR) is 67.6 cm³/mol. The van der Waals surface area contributed by atoms with E-state index < -0.39 is 5.60 Å². The van der Waals surface area contributed by atoms with Gasteiger partial charge in [0, 0.05) is 19.6 Å². The molecule has 0 aliphatic heterocycles. The SMILES string of the molecule is CCN(CC)CC(O)CNCC(C)(O)CC. The number of aliphatic hydroxyl groups is 2. The van der Waals surface area contributed by atoms with Gasteiger partial charge >= 0.3 is 0 Å². The van der Waals surface area contributed by atoms with E-state index in [1.54, 1.807) is 6.92 Å². The van der Waals surface area contributed by atoms with Crippen LogP contribution in [0.15, 0.2) is 0 Å². The maximum Gasteiger partial charge on any atom is 0.0791 e. The van der Waals surface area contributed by atoms with Gasteiger partial charge in [0.2, 0.25) is 0 Å². The molecule has 0 amide bonds. The molecule has 16 heavy (non-hydrogen) atoms. The molecule has 4 heteroatoms. The summed E-state index contributed by atoms with van der Waals surface area (Å²) in [6.07, 6.45) is 0.346. The summed E-state index contributed by atoms with van der Waals surface area (Å²) in [5.41, 5.74) is -0.672. The fourth-order valence-corrected chi connectivity index (χ4v) is 1.48. The van der Waals surface area contributed by atoms with Gasteiger partial charge in [-0.25, -0.2) is 0 Å². The lowest BCUT2D eigenvalue weighted by Crippen LogP contribution is -2.43. The van der Waals surface area contributed by atoms with E-state index in [1.165, 1.54) is 0 Å². The second kappa shape index (κ2) is 8.01. The first-order chi connectivity index (χ1) is 7.45. The molecule has 0 aliphatic rings. The van der Waals surface area contributed by atoms with E-state index in [0.29, 0.717) is 26.1 Å². The summed E-state index contributed by atoms with van der Waals surface area (Å²) < 4.78 is 0. The van der Waals surface area contributed by atoms with Crippen molar-refractivity contribution in [3.05, 3.63) is 0 Å².